The van der Waals surface area contributed by atoms with E-state index >= 15 is 0 Å². The van der Waals surface area contributed by atoms with Gasteiger partial charge in [-0.05, 0) is 13.0 Å². The molecule has 0 radical (unpaired) electrons. The van der Waals surface area contributed by atoms with Gasteiger partial charge in [-0.2, -0.15) is 0 Å². The second kappa shape index (κ2) is 5.21. The Hall–Kier alpha value is -1.58. The third kappa shape index (κ3) is 3.89. The van der Waals surface area contributed by atoms with Gasteiger partial charge in [-0.15, -0.1) is 0 Å². The van der Waals surface area contributed by atoms with E-state index in [9.17, 15) is 9.59 Å². The minimum atomic E-state index is -0.551. The lowest BCUT2D eigenvalue weighted by Crippen LogP contribution is -2.31. The topological polar surface area (TPSA) is 55.4 Å². The molecule has 1 N–H and O–H groups in total. The zero-order valence-electron chi connectivity index (χ0n) is 8.03. The number of carbonyl (C=O) groups is 2. The Kier molecular flexibility index (Phi) is 3.91. The number of hydrogen-bond acceptors (Lipinski definition) is 3. The van der Waals surface area contributed by atoms with E-state index in [0.717, 1.165) is 0 Å². The Bertz CT molecular complexity index is 286. The molecule has 0 aromatic carbocycles. The van der Waals surface area contributed by atoms with Gasteiger partial charge in [-0.3, -0.25) is 4.79 Å². The Morgan fingerprint density at radius 1 is 1.57 bits per heavy atom. The van der Waals surface area contributed by atoms with Crippen LogP contribution >= 0.6 is 0 Å². The van der Waals surface area contributed by atoms with Crippen LogP contribution in [0.2, 0.25) is 0 Å². The number of rotatable bonds is 3. The first kappa shape index (κ1) is 10.5. The maximum absolute atomic E-state index is 11.1. The van der Waals surface area contributed by atoms with E-state index in [4.69, 9.17) is 4.74 Å². The number of hydrogen-bond donors (Lipinski definition) is 1. The Labute approximate surface area is 84.1 Å². The summed E-state index contributed by atoms with van der Waals surface area (Å²) in [6.07, 6.45) is 7.36. The van der Waals surface area contributed by atoms with Crippen molar-refractivity contribution in [1.29, 1.82) is 0 Å². The third-order valence-corrected chi connectivity index (χ3v) is 1.68. The van der Waals surface area contributed by atoms with E-state index in [0.29, 0.717) is 6.42 Å². The highest BCUT2D eigenvalue weighted by atomic mass is 16.6. The van der Waals surface area contributed by atoms with Crippen LogP contribution in [0.15, 0.2) is 24.3 Å². The van der Waals surface area contributed by atoms with Gasteiger partial charge in [0.2, 0.25) is 0 Å². The maximum atomic E-state index is 11.1. The summed E-state index contributed by atoms with van der Waals surface area (Å²) in [5, 5.41) is 2.36. The number of ketones is 1. The molecule has 0 saturated heterocycles. The van der Waals surface area contributed by atoms with Crippen molar-refractivity contribution < 1.29 is 15.8 Å². The van der Waals surface area contributed by atoms with Crippen LogP contribution in [0.3, 0.4) is 0 Å². The highest BCUT2D eigenvalue weighted by Crippen LogP contribution is 2.06. The normalized spacial score (nSPS) is 19.1. The largest absolute Gasteiger partial charge is 0.442 e. The maximum Gasteiger partial charge on any atom is 0.408 e. The van der Waals surface area contributed by atoms with Crippen LogP contribution in [-0.2, 0) is 9.53 Å². The van der Waals surface area contributed by atoms with Gasteiger partial charge in [0, 0.05) is 7.85 Å². The first-order chi connectivity index (χ1) is 6.68. The first-order valence-electron chi connectivity index (χ1n) is 4.46. The number of amides is 1. The summed E-state index contributed by atoms with van der Waals surface area (Å²) >= 11 is 0. The molecule has 1 rings (SSSR count). The molecule has 0 heterocycles. The van der Waals surface area contributed by atoms with Crippen molar-refractivity contribution in [2.75, 3.05) is 6.54 Å². The lowest BCUT2D eigenvalue weighted by atomic mass is 10.1. The molecule has 0 bridgehead atoms. The zero-order chi connectivity index (χ0) is 10.4. The number of Topliss-reactive ketones (excluding diaryl/α,β-unsaturated/α-hetero) is 1. The summed E-state index contributed by atoms with van der Waals surface area (Å²) in [7, 11) is 0. The van der Waals surface area contributed by atoms with Gasteiger partial charge < -0.3 is 10.1 Å². The number of carbonyl (C=O) groups excluding carboxylic acids is 2. The van der Waals surface area contributed by atoms with E-state index in [-0.39, 0.29) is 19.9 Å². The average molecular weight is 197 g/mol. The van der Waals surface area contributed by atoms with Crippen LogP contribution in [-0.4, -0.2) is 24.5 Å². The van der Waals surface area contributed by atoms with Gasteiger partial charge in [-0.1, -0.05) is 18.2 Å². The molecule has 0 aliphatic heterocycles. The van der Waals surface area contributed by atoms with Crippen molar-refractivity contribution in [2.24, 2.45) is 0 Å². The minimum absolute atomic E-state index is 0. The van der Waals surface area contributed by atoms with Crippen LogP contribution in [0, 0.1) is 0 Å². The fraction of sp³-hybridized carbons (Fsp3) is 0.400. The fourth-order valence-electron chi connectivity index (χ4n) is 1.02. The molecule has 1 atom stereocenters. The molecular formula is C10H15NO3. The van der Waals surface area contributed by atoms with Gasteiger partial charge in [0.25, 0.3) is 0 Å². The highest BCUT2D eigenvalue weighted by molar-refractivity contribution is 5.81. The third-order valence-electron chi connectivity index (χ3n) is 1.68. The summed E-state index contributed by atoms with van der Waals surface area (Å²) in [5.41, 5.74) is 0. The standard InChI is InChI=1S/C10H13NO3.H2/c1-8(12)7-11-10(13)14-9-5-3-2-4-6-9;/h2-5,9H,6-7H2,1H3,(H,11,13);1H. The lowest BCUT2D eigenvalue weighted by Gasteiger charge is -2.14. The molecule has 1 amide bonds. The molecule has 1 unspecified atom stereocenters. The average Bonchev–Trinajstić information content (AvgIpc) is 2.16. The van der Waals surface area contributed by atoms with Crippen molar-refractivity contribution in [3.8, 4) is 0 Å². The van der Waals surface area contributed by atoms with Crippen LogP contribution in [0.25, 0.3) is 0 Å². The molecule has 14 heavy (non-hydrogen) atoms. The van der Waals surface area contributed by atoms with E-state index in [1.807, 2.05) is 18.2 Å². The monoisotopic (exact) mass is 197 g/mol. The Morgan fingerprint density at radius 3 is 2.93 bits per heavy atom. The number of ether oxygens (including phenoxy) is 1. The molecule has 4 heteroatoms. The number of alkyl carbamates (subject to hydrolysis) is 1. The molecule has 0 aromatic rings. The number of allylic oxidation sites excluding steroid dienone is 2. The summed E-state index contributed by atoms with van der Waals surface area (Å²) < 4.78 is 5.00. The van der Waals surface area contributed by atoms with E-state index in [2.05, 4.69) is 5.32 Å². The van der Waals surface area contributed by atoms with E-state index < -0.39 is 6.09 Å². The molecule has 0 aromatic heterocycles. The van der Waals surface area contributed by atoms with Crippen LogP contribution in [0.5, 0.6) is 0 Å². The van der Waals surface area contributed by atoms with E-state index in [1.54, 1.807) is 6.08 Å². The van der Waals surface area contributed by atoms with E-state index in [1.165, 1.54) is 6.92 Å². The van der Waals surface area contributed by atoms with Crippen molar-refractivity contribution in [1.82, 2.24) is 5.32 Å². The summed E-state index contributed by atoms with van der Waals surface area (Å²) in [5.74, 6) is -0.0963. The Morgan fingerprint density at radius 2 is 2.36 bits per heavy atom. The van der Waals surface area contributed by atoms with Crippen LogP contribution in [0.1, 0.15) is 14.8 Å². The lowest BCUT2D eigenvalue weighted by molar-refractivity contribution is -0.116. The highest BCUT2D eigenvalue weighted by Gasteiger charge is 2.11. The second-order valence-electron chi connectivity index (χ2n) is 3.05. The van der Waals surface area contributed by atoms with Crippen molar-refractivity contribution in [2.45, 2.75) is 19.4 Å². The second-order valence-corrected chi connectivity index (χ2v) is 3.05. The minimum Gasteiger partial charge on any atom is -0.442 e. The molecule has 0 spiro atoms. The molecule has 0 fully saturated rings. The van der Waals surface area contributed by atoms with Gasteiger partial charge in [-0.25, -0.2) is 4.79 Å². The summed E-state index contributed by atoms with van der Waals surface area (Å²) in [6, 6.07) is 0. The SMILES string of the molecule is CC(=O)CNC(=O)OC1C=CC=CC1.[HH]. The van der Waals surface area contributed by atoms with Gasteiger partial charge >= 0.3 is 6.09 Å². The summed E-state index contributed by atoms with van der Waals surface area (Å²) in [6.45, 7) is 1.43. The molecule has 78 valence electrons. The van der Waals surface area contributed by atoms with Gasteiger partial charge in [0.1, 0.15) is 11.9 Å². The predicted molar refractivity (Wildman–Crippen MR) is 54.0 cm³/mol. The van der Waals surface area contributed by atoms with Crippen molar-refractivity contribution in [3.63, 3.8) is 0 Å². The molecule has 0 saturated carbocycles. The quantitative estimate of drug-likeness (QED) is 0.744. The van der Waals surface area contributed by atoms with Gasteiger partial charge in [0.15, 0.2) is 0 Å². The van der Waals surface area contributed by atoms with Crippen LogP contribution < -0.4 is 5.32 Å². The molecule has 1 aliphatic carbocycles. The molecular weight excluding hydrogens is 182 g/mol. The summed E-state index contributed by atoms with van der Waals surface area (Å²) in [4.78, 5) is 21.6. The zero-order valence-corrected chi connectivity index (χ0v) is 8.03. The van der Waals surface area contributed by atoms with Crippen LogP contribution in [0.4, 0.5) is 4.79 Å². The fourth-order valence-corrected chi connectivity index (χ4v) is 1.02. The smallest absolute Gasteiger partial charge is 0.408 e. The predicted octanol–water partition coefficient (Wildman–Crippen LogP) is 1.43. The number of nitrogens with one attached hydrogen (secondary N) is 1. The molecule has 1 aliphatic rings. The molecule has 4 nitrogen and oxygen atoms in total. The van der Waals surface area contributed by atoms with Gasteiger partial charge in [0.05, 0.1) is 6.54 Å². The first-order valence-corrected chi connectivity index (χ1v) is 4.46. The van der Waals surface area contributed by atoms with Crippen molar-refractivity contribution in [3.05, 3.63) is 24.3 Å². The van der Waals surface area contributed by atoms with Crippen molar-refractivity contribution >= 4 is 11.9 Å². The Balaban J connectivity index is 0.00000196.